The molecule has 16 heavy (non-hydrogen) atoms. The number of nitrogen functional groups attached to an aromatic ring is 1. The van der Waals surface area contributed by atoms with E-state index in [1.54, 1.807) is 0 Å². The predicted molar refractivity (Wildman–Crippen MR) is 55.6 cm³/mol. The Kier molecular flexibility index (Phi) is 3.81. The zero-order valence-electron chi connectivity index (χ0n) is 8.43. The molecule has 5 nitrogen and oxygen atoms in total. The van der Waals surface area contributed by atoms with Crippen LogP contribution in [0.25, 0.3) is 0 Å². The highest BCUT2D eigenvalue weighted by molar-refractivity contribution is 5.74. The molecule has 1 amide bonds. The molecule has 0 fully saturated rings. The van der Waals surface area contributed by atoms with Crippen LogP contribution in [0.4, 0.5) is 10.1 Å². The first-order chi connectivity index (χ1) is 7.41. The average Bonchev–Trinajstić information content (AvgIpc) is 2.15. The molecule has 0 spiro atoms. The topological polar surface area (TPSA) is 110 Å². The molecule has 0 bridgehead atoms. The summed E-state index contributed by atoms with van der Waals surface area (Å²) in [5.74, 6) is -1.29. The Bertz CT molecular complexity index is 398. The second kappa shape index (κ2) is 4.91. The molecule has 0 aliphatic carbocycles. The first-order valence-electron chi connectivity index (χ1n) is 4.61. The molecule has 0 radical (unpaired) electrons. The molecular formula is C10H13FN2O3. The van der Waals surface area contributed by atoms with Crippen LogP contribution >= 0.6 is 0 Å². The minimum Gasteiger partial charge on any atom is -0.398 e. The number of primary amides is 1. The van der Waals surface area contributed by atoms with Gasteiger partial charge in [0, 0.05) is 11.3 Å². The lowest BCUT2D eigenvalue weighted by molar-refractivity contribution is -0.121. The molecule has 1 aromatic rings. The molecule has 2 atom stereocenters. The normalized spacial score (nSPS) is 14.4. The van der Waals surface area contributed by atoms with Crippen molar-refractivity contribution in [2.24, 2.45) is 5.73 Å². The van der Waals surface area contributed by atoms with E-state index in [0.717, 1.165) is 12.1 Å². The maximum absolute atomic E-state index is 12.7. The van der Waals surface area contributed by atoms with E-state index in [4.69, 9.17) is 11.5 Å². The Labute approximate surface area is 91.5 Å². The average molecular weight is 228 g/mol. The summed E-state index contributed by atoms with van der Waals surface area (Å²) >= 11 is 0. The van der Waals surface area contributed by atoms with Crippen molar-refractivity contribution in [2.75, 3.05) is 5.73 Å². The van der Waals surface area contributed by atoms with E-state index in [1.165, 1.54) is 6.07 Å². The fourth-order valence-corrected chi connectivity index (χ4v) is 1.34. The first-order valence-corrected chi connectivity index (χ1v) is 4.61. The summed E-state index contributed by atoms with van der Waals surface area (Å²) in [4.78, 5) is 10.5. The third kappa shape index (κ3) is 2.91. The van der Waals surface area contributed by atoms with Gasteiger partial charge in [-0.15, -0.1) is 0 Å². The molecule has 0 saturated carbocycles. The van der Waals surface area contributed by atoms with E-state index in [9.17, 15) is 19.4 Å². The zero-order chi connectivity index (χ0) is 12.3. The van der Waals surface area contributed by atoms with Gasteiger partial charge in [-0.1, -0.05) is 6.07 Å². The minimum atomic E-state index is -1.37. The van der Waals surface area contributed by atoms with Crippen LogP contribution < -0.4 is 11.5 Å². The Morgan fingerprint density at radius 1 is 1.44 bits per heavy atom. The van der Waals surface area contributed by atoms with Gasteiger partial charge in [0.05, 0.1) is 12.5 Å². The lowest BCUT2D eigenvalue weighted by atomic mass is 10.0. The number of benzene rings is 1. The van der Waals surface area contributed by atoms with Gasteiger partial charge in [-0.2, -0.15) is 0 Å². The lowest BCUT2D eigenvalue weighted by Crippen LogP contribution is -2.26. The van der Waals surface area contributed by atoms with E-state index in [2.05, 4.69) is 0 Å². The third-order valence-electron chi connectivity index (χ3n) is 2.14. The molecule has 1 rings (SSSR count). The fourth-order valence-electron chi connectivity index (χ4n) is 1.34. The molecule has 6 heteroatoms. The predicted octanol–water partition coefficient (Wildman–Crippen LogP) is -0.322. The highest BCUT2D eigenvalue weighted by Crippen LogP contribution is 2.25. The summed E-state index contributed by atoms with van der Waals surface area (Å²) in [7, 11) is 0. The summed E-state index contributed by atoms with van der Waals surface area (Å²) in [5, 5.41) is 19.1. The highest BCUT2D eigenvalue weighted by Gasteiger charge is 2.22. The van der Waals surface area contributed by atoms with Gasteiger partial charge in [0.2, 0.25) is 5.91 Å². The Morgan fingerprint density at radius 2 is 2.06 bits per heavy atom. The van der Waals surface area contributed by atoms with Crippen LogP contribution in [0.2, 0.25) is 0 Å². The lowest BCUT2D eigenvalue weighted by Gasteiger charge is -2.18. The van der Waals surface area contributed by atoms with E-state index in [1.807, 2.05) is 0 Å². The van der Waals surface area contributed by atoms with Crippen molar-refractivity contribution in [3.8, 4) is 0 Å². The van der Waals surface area contributed by atoms with Gasteiger partial charge in [-0.3, -0.25) is 4.79 Å². The number of amides is 1. The Morgan fingerprint density at radius 3 is 2.56 bits per heavy atom. The number of aliphatic hydroxyl groups is 2. The van der Waals surface area contributed by atoms with Gasteiger partial charge >= 0.3 is 0 Å². The summed E-state index contributed by atoms with van der Waals surface area (Å²) in [6.07, 6.45) is -3.11. The Hall–Kier alpha value is -1.66. The maximum atomic E-state index is 12.7. The quantitative estimate of drug-likeness (QED) is 0.529. The van der Waals surface area contributed by atoms with Crippen LogP contribution in [-0.4, -0.2) is 22.2 Å². The van der Waals surface area contributed by atoms with E-state index >= 15 is 0 Å². The molecular weight excluding hydrogens is 215 g/mol. The van der Waals surface area contributed by atoms with Gasteiger partial charge in [0.1, 0.15) is 11.9 Å². The number of halogens is 1. The summed E-state index contributed by atoms with van der Waals surface area (Å²) in [6, 6.07) is 3.38. The molecule has 1 aromatic carbocycles. The molecule has 88 valence electrons. The number of hydrogen-bond acceptors (Lipinski definition) is 4. The van der Waals surface area contributed by atoms with Crippen LogP contribution in [0.3, 0.4) is 0 Å². The molecule has 0 aliphatic heterocycles. The SMILES string of the molecule is NC(=O)CC(O)C(O)c1ccc(F)cc1N. The second-order valence-corrected chi connectivity index (χ2v) is 3.46. The van der Waals surface area contributed by atoms with Crippen molar-refractivity contribution in [3.63, 3.8) is 0 Å². The number of carbonyl (C=O) groups is 1. The molecule has 2 unspecified atom stereocenters. The molecule has 0 saturated heterocycles. The van der Waals surface area contributed by atoms with Crippen molar-refractivity contribution >= 4 is 11.6 Å². The second-order valence-electron chi connectivity index (χ2n) is 3.46. The Balaban J connectivity index is 2.87. The standard InChI is InChI=1S/C10H13FN2O3/c11-5-1-2-6(7(12)3-5)10(16)8(14)4-9(13)15/h1-3,8,10,14,16H,4,12H2,(H2,13,15). The van der Waals surface area contributed by atoms with Crippen molar-refractivity contribution in [2.45, 2.75) is 18.6 Å². The van der Waals surface area contributed by atoms with Gasteiger partial charge in [0.15, 0.2) is 0 Å². The van der Waals surface area contributed by atoms with Crippen molar-refractivity contribution in [3.05, 3.63) is 29.6 Å². The van der Waals surface area contributed by atoms with Crippen LogP contribution in [0, 0.1) is 5.82 Å². The smallest absolute Gasteiger partial charge is 0.220 e. The zero-order valence-corrected chi connectivity index (χ0v) is 8.43. The fraction of sp³-hybridized carbons (Fsp3) is 0.300. The van der Waals surface area contributed by atoms with Crippen molar-refractivity contribution < 1.29 is 19.4 Å². The van der Waals surface area contributed by atoms with Crippen LogP contribution in [0.15, 0.2) is 18.2 Å². The number of nitrogens with two attached hydrogens (primary N) is 2. The number of anilines is 1. The number of hydrogen-bond donors (Lipinski definition) is 4. The number of carbonyl (C=O) groups excluding carboxylic acids is 1. The molecule has 0 heterocycles. The maximum Gasteiger partial charge on any atom is 0.220 e. The number of rotatable bonds is 4. The van der Waals surface area contributed by atoms with E-state index < -0.39 is 30.4 Å². The van der Waals surface area contributed by atoms with Crippen molar-refractivity contribution in [1.82, 2.24) is 0 Å². The summed E-state index contributed by atoms with van der Waals surface area (Å²) in [5.41, 5.74) is 10.5. The van der Waals surface area contributed by atoms with Gasteiger partial charge in [-0.05, 0) is 12.1 Å². The first kappa shape index (κ1) is 12.4. The summed E-state index contributed by atoms with van der Waals surface area (Å²) in [6.45, 7) is 0. The monoisotopic (exact) mass is 228 g/mol. The molecule has 0 aliphatic rings. The molecule has 0 aromatic heterocycles. The van der Waals surface area contributed by atoms with Crippen molar-refractivity contribution in [1.29, 1.82) is 0 Å². The van der Waals surface area contributed by atoms with Crippen LogP contribution in [0.1, 0.15) is 18.1 Å². The number of aliphatic hydroxyl groups excluding tert-OH is 2. The third-order valence-corrected chi connectivity index (χ3v) is 2.14. The summed E-state index contributed by atoms with van der Waals surface area (Å²) < 4.78 is 12.7. The highest BCUT2D eigenvalue weighted by atomic mass is 19.1. The molecule has 6 N–H and O–H groups in total. The largest absolute Gasteiger partial charge is 0.398 e. The van der Waals surface area contributed by atoms with Gasteiger partial charge < -0.3 is 21.7 Å². The minimum absolute atomic E-state index is 0.0102. The van der Waals surface area contributed by atoms with E-state index in [0.29, 0.717) is 0 Å². The van der Waals surface area contributed by atoms with E-state index in [-0.39, 0.29) is 11.3 Å². The van der Waals surface area contributed by atoms with Crippen LogP contribution in [-0.2, 0) is 4.79 Å². The van der Waals surface area contributed by atoms with Gasteiger partial charge in [0.25, 0.3) is 0 Å². The van der Waals surface area contributed by atoms with Gasteiger partial charge in [-0.25, -0.2) is 4.39 Å². The van der Waals surface area contributed by atoms with Crippen LogP contribution in [0.5, 0.6) is 0 Å².